The second-order valence-corrected chi connectivity index (χ2v) is 12.5. The summed E-state index contributed by atoms with van der Waals surface area (Å²) >= 11 is 1.98. The fourth-order valence-corrected chi connectivity index (χ4v) is 6.91. The van der Waals surface area contributed by atoms with Crippen molar-refractivity contribution in [3.05, 3.63) is 33.3 Å². The summed E-state index contributed by atoms with van der Waals surface area (Å²) in [6, 6.07) is 2.96. The van der Waals surface area contributed by atoms with Crippen molar-refractivity contribution < 1.29 is 14.3 Å². The molecule has 8 nitrogen and oxygen atoms in total. The van der Waals surface area contributed by atoms with Crippen LogP contribution < -0.4 is 0 Å². The molecule has 0 aromatic carbocycles. The van der Waals surface area contributed by atoms with Gasteiger partial charge in [-0.3, -0.25) is 4.90 Å². The third kappa shape index (κ3) is 5.13. The number of rotatable bonds is 4. The van der Waals surface area contributed by atoms with Crippen LogP contribution in [0.5, 0.6) is 0 Å². The minimum absolute atomic E-state index is 0.125. The van der Waals surface area contributed by atoms with E-state index in [1.165, 1.54) is 15.3 Å². The van der Waals surface area contributed by atoms with Crippen molar-refractivity contribution in [3.63, 3.8) is 0 Å². The molecule has 2 aromatic heterocycles. The van der Waals surface area contributed by atoms with E-state index in [1.807, 2.05) is 36.8 Å². The average molecular weight is 502 g/mol. The number of likely N-dealkylation sites (tertiary alicyclic amines) is 2. The van der Waals surface area contributed by atoms with Gasteiger partial charge in [0.1, 0.15) is 5.60 Å². The van der Waals surface area contributed by atoms with Gasteiger partial charge in [0.25, 0.3) is 0 Å². The number of fused-ring (bicyclic) bond motifs is 2. The molecule has 1 spiro atoms. The van der Waals surface area contributed by atoms with Gasteiger partial charge in [0, 0.05) is 48.4 Å². The molecule has 0 radical (unpaired) electrons. The minimum Gasteiger partial charge on any atom is -0.444 e. The van der Waals surface area contributed by atoms with Gasteiger partial charge in [0.15, 0.2) is 0 Å². The van der Waals surface area contributed by atoms with Crippen molar-refractivity contribution in [3.8, 4) is 0 Å². The number of carbonyl (C=O) groups excluding carboxylic acids is 1. The van der Waals surface area contributed by atoms with Crippen LogP contribution in [0.1, 0.15) is 80.9 Å². The molecule has 5 heterocycles. The number of aromatic nitrogens is 3. The Hall–Kier alpha value is -1.97. The molecule has 2 fully saturated rings. The third-order valence-electron chi connectivity index (χ3n) is 7.57. The highest BCUT2D eigenvalue weighted by molar-refractivity contribution is 7.12. The van der Waals surface area contributed by atoms with E-state index in [9.17, 15) is 4.79 Å². The number of hydrogen-bond donors (Lipinski definition) is 0. The normalized spacial score (nSPS) is 27.4. The van der Waals surface area contributed by atoms with Crippen LogP contribution in [0.2, 0.25) is 0 Å². The van der Waals surface area contributed by atoms with Crippen molar-refractivity contribution >= 4 is 17.4 Å². The van der Waals surface area contributed by atoms with Crippen LogP contribution >= 0.6 is 11.3 Å². The maximum Gasteiger partial charge on any atom is 0.410 e. The highest BCUT2D eigenvalue weighted by atomic mass is 32.1. The standard InChI is InChI=1S/C26H39N5O3S/c1-6-21-13-22-23(35-21)8-12-33-26(22)9-11-29(18(2)14-26)15-19-16-31(28-27-19)20-7-10-30(17-20)24(32)34-25(3,4)5/h13,16,18,20H,6-12,14-15,17H2,1-5H3/t18-,20?,26+/m0/s1. The molecule has 1 unspecified atom stereocenters. The highest BCUT2D eigenvalue weighted by Gasteiger charge is 2.44. The monoisotopic (exact) mass is 501 g/mol. The topological polar surface area (TPSA) is 72.7 Å². The molecule has 3 aliphatic heterocycles. The number of thiophene rings is 1. The number of piperidine rings is 1. The first-order valence-corrected chi connectivity index (χ1v) is 13.9. The van der Waals surface area contributed by atoms with Gasteiger partial charge in [-0.2, -0.15) is 0 Å². The zero-order valence-corrected chi connectivity index (χ0v) is 22.6. The number of ether oxygens (including phenoxy) is 2. The maximum absolute atomic E-state index is 12.4. The fraction of sp³-hybridized carbons (Fsp3) is 0.731. The molecule has 0 saturated carbocycles. The van der Waals surface area contributed by atoms with Crippen LogP contribution in [0.3, 0.4) is 0 Å². The Morgan fingerprint density at radius 1 is 1.34 bits per heavy atom. The summed E-state index contributed by atoms with van der Waals surface area (Å²) < 4.78 is 14.0. The molecule has 2 saturated heterocycles. The van der Waals surface area contributed by atoms with Crippen molar-refractivity contribution in [2.24, 2.45) is 0 Å². The van der Waals surface area contributed by atoms with Crippen LogP contribution in [-0.2, 0) is 34.5 Å². The number of amides is 1. The molecule has 9 heteroatoms. The lowest BCUT2D eigenvalue weighted by molar-refractivity contribution is -0.112. The molecular weight excluding hydrogens is 462 g/mol. The molecule has 0 bridgehead atoms. The lowest BCUT2D eigenvalue weighted by Crippen LogP contribution is -2.50. The maximum atomic E-state index is 12.4. The Morgan fingerprint density at radius 2 is 2.17 bits per heavy atom. The van der Waals surface area contributed by atoms with Crippen molar-refractivity contribution in [2.45, 2.75) is 96.6 Å². The van der Waals surface area contributed by atoms with E-state index in [1.54, 1.807) is 4.90 Å². The Balaban J connectivity index is 1.19. The smallest absolute Gasteiger partial charge is 0.410 e. The lowest BCUT2D eigenvalue weighted by atomic mass is 9.79. The van der Waals surface area contributed by atoms with Gasteiger partial charge in [0.2, 0.25) is 0 Å². The molecule has 2 aromatic rings. The van der Waals surface area contributed by atoms with E-state index in [4.69, 9.17) is 9.47 Å². The van der Waals surface area contributed by atoms with Gasteiger partial charge < -0.3 is 14.4 Å². The van der Waals surface area contributed by atoms with Gasteiger partial charge in [0.05, 0.1) is 30.1 Å². The molecular formula is C26H39N5O3S. The Bertz CT molecular complexity index is 1060. The van der Waals surface area contributed by atoms with Crippen LogP contribution in [-0.4, -0.2) is 68.8 Å². The van der Waals surface area contributed by atoms with Gasteiger partial charge in [-0.25, -0.2) is 9.48 Å². The van der Waals surface area contributed by atoms with Crippen LogP contribution in [0.25, 0.3) is 0 Å². The van der Waals surface area contributed by atoms with E-state index in [2.05, 4.69) is 41.3 Å². The summed E-state index contributed by atoms with van der Waals surface area (Å²) in [5.74, 6) is 0. The number of hydrogen-bond acceptors (Lipinski definition) is 7. The zero-order chi connectivity index (χ0) is 24.8. The summed E-state index contributed by atoms with van der Waals surface area (Å²) in [6.07, 6.45) is 6.86. The largest absolute Gasteiger partial charge is 0.444 e. The average Bonchev–Trinajstić information content (AvgIpc) is 3.54. The second kappa shape index (κ2) is 9.48. The SMILES string of the molecule is CCc1cc2c(s1)CCO[C@@]21CCN(Cc2cn(C3CCN(C(=O)OC(C)(C)C)C3)nn2)[C@@H](C)C1. The minimum atomic E-state index is -0.481. The van der Waals surface area contributed by atoms with Gasteiger partial charge in [-0.15, -0.1) is 16.4 Å². The first kappa shape index (κ1) is 24.7. The van der Waals surface area contributed by atoms with Crippen LogP contribution in [0.4, 0.5) is 4.79 Å². The first-order valence-electron chi connectivity index (χ1n) is 13.0. The molecule has 5 rings (SSSR count). The quantitative estimate of drug-likeness (QED) is 0.613. The molecule has 0 N–H and O–H groups in total. The van der Waals surface area contributed by atoms with E-state index < -0.39 is 5.60 Å². The van der Waals surface area contributed by atoms with E-state index in [0.717, 1.165) is 57.5 Å². The molecule has 35 heavy (non-hydrogen) atoms. The molecule has 3 aliphatic rings. The Labute approximate surface area is 212 Å². The van der Waals surface area contributed by atoms with E-state index >= 15 is 0 Å². The summed E-state index contributed by atoms with van der Waals surface area (Å²) in [6.45, 7) is 14.1. The van der Waals surface area contributed by atoms with E-state index in [-0.39, 0.29) is 17.7 Å². The summed E-state index contributed by atoms with van der Waals surface area (Å²) in [7, 11) is 0. The van der Waals surface area contributed by atoms with Crippen molar-refractivity contribution in [1.82, 2.24) is 24.8 Å². The second-order valence-electron chi connectivity index (χ2n) is 11.3. The van der Waals surface area contributed by atoms with Gasteiger partial charge in [-0.05, 0) is 65.0 Å². The van der Waals surface area contributed by atoms with E-state index in [0.29, 0.717) is 19.1 Å². The van der Waals surface area contributed by atoms with Crippen LogP contribution in [0.15, 0.2) is 12.3 Å². The summed E-state index contributed by atoms with van der Waals surface area (Å²) in [5, 5.41) is 8.90. The predicted molar refractivity (Wildman–Crippen MR) is 136 cm³/mol. The molecule has 0 aliphatic carbocycles. The first-order chi connectivity index (χ1) is 16.7. The summed E-state index contributed by atoms with van der Waals surface area (Å²) in [4.78, 5) is 19.7. The molecule has 192 valence electrons. The fourth-order valence-electron chi connectivity index (χ4n) is 5.73. The third-order valence-corrected chi connectivity index (χ3v) is 8.91. The van der Waals surface area contributed by atoms with Crippen molar-refractivity contribution in [2.75, 3.05) is 26.2 Å². The number of aryl methyl sites for hydroxylation is 1. The predicted octanol–water partition coefficient (Wildman–Crippen LogP) is 4.54. The van der Waals surface area contributed by atoms with Gasteiger partial charge in [-0.1, -0.05) is 12.1 Å². The van der Waals surface area contributed by atoms with Gasteiger partial charge >= 0.3 is 6.09 Å². The van der Waals surface area contributed by atoms with Crippen LogP contribution in [0, 0.1) is 0 Å². The Morgan fingerprint density at radius 3 is 2.91 bits per heavy atom. The molecule has 3 atom stereocenters. The number of nitrogens with zero attached hydrogens (tertiary/aromatic N) is 5. The number of carbonyl (C=O) groups is 1. The lowest BCUT2D eigenvalue weighted by Gasteiger charge is -2.47. The summed E-state index contributed by atoms with van der Waals surface area (Å²) in [5.41, 5.74) is 1.84. The zero-order valence-electron chi connectivity index (χ0n) is 21.7. The highest BCUT2D eigenvalue weighted by Crippen LogP contribution is 2.46. The molecule has 1 amide bonds. The van der Waals surface area contributed by atoms with Crippen molar-refractivity contribution in [1.29, 1.82) is 0 Å². The Kier molecular flexibility index (Phi) is 6.70.